The van der Waals surface area contributed by atoms with Crippen LogP contribution in [0.1, 0.15) is 22.7 Å². The van der Waals surface area contributed by atoms with Crippen molar-refractivity contribution >= 4 is 86.7 Å². The second kappa shape index (κ2) is 14.3. The van der Waals surface area contributed by atoms with Crippen LogP contribution in [-0.2, 0) is 0 Å². The lowest BCUT2D eigenvalue weighted by Crippen LogP contribution is -2.31. The van der Waals surface area contributed by atoms with E-state index in [2.05, 4.69) is 233 Å². The Morgan fingerprint density at radius 3 is 1.76 bits per heavy atom. The molecule has 1 unspecified atom stereocenters. The first kappa shape index (κ1) is 35.7. The molecule has 4 heterocycles. The molecule has 9 aromatic carbocycles. The Morgan fingerprint density at radius 2 is 0.984 bits per heavy atom. The number of hydrogen-bond donors (Lipinski definition) is 1. The van der Waals surface area contributed by atoms with Crippen LogP contribution in [0.15, 0.2) is 223 Å². The molecule has 0 aliphatic carbocycles. The molecule has 1 atom stereocenters. The number of benzene rings is 9. The van der Waals surface area contributed by atoms with Gasteiger partial charge in [-0.2, -0.15) is 0 Å². The summed E-state index contributed by atoms with van der Waals surface area (Å²) >= 11 is 1.89. The Bertz CT molecular complexity index is 3800. The monoisotopic (exact) mass is 822 g/mol. The molecule has 3 aromatic heterocycles. The summed E-state index contributed by atoms with van der Waals surface area (Å²) in [6.45, 7) is 0. The minimum Gasteiger partial charge on any atom is -0.359 e. The molecule has 1 aliphatic rings. The Balaban J connectivity index is 0.966. The summed E-state index contributed by atoms with van der Waals surface area (Å²) < 4.78 is 7.45. The maximum absolute atomic E-state index is 5.20. The van der Waals surface area contributed by atoms with Gasteiger partial charge in [0.15, 0.2) is 0 Å². The van der Waals surface area contributed by atoms with Crippen molar-refractivity contribution < 1.29 is 0 Å². The fourth-order valence-electron chi connectivity index (χ4n) is 9.81. The SMILES string of the molecule is C1=C(c2ccccc2)N=C(c2ccc(-n3c4ccc(-c5ccc6c(c5)c5ccccc5n6-c5ccccc5)cc4c4c5sc6ccccc6c5ccc43)cc2)NC1c1ccccc1. The maximum atomic E-state index is 5.20. The third-order valence-electron chi connectivity index (χ3n) is 12.8. The van der Waals surface area contributed by atoms with Crippen molar-refractivity contribution in [2.45, 2.75) is 6.04 Å². The van der Waals surface area contributed by atoms with Crippen molar-refractivity contribution in [2.24, 2.45) is 4.99 Å². The maximum Gasteiger partial charge on any atom is 0.134 e. The fourth-order valence-corrected chi connectivity index (χ4v) is 11.1. The molecule has 0 bridgehead atoms. The van der Waals surface area contributed by atoms with E-state index in [-0.39, 0.29) is 6.04 Å². The van der Waals surface area contributed by atoms with Crippen LogP contribution in [0.4, 0.5) is 0 Å². The second-order valence-corrected chi connectivity index (χ2v) is 17.4. The normalized spacial score (nSPS) is 14.2. The minimum absolute atomic E-state index is 0.00736. The lowest BCUT2D eigenvalue weighted by atomic mass is 10.00. The summed E-state index contributed by atoms with van der Waals surface area (Å²) in [4.78, 5) is 5.20. The first-order chi connectivity index (χ1) is 31.2. The van der Waals surface area contributed by atoms with E-state index >= 15 is 0 Å². The van der Waals surface area contributed by atoms with Crippen LogP contribution >= 0.6 is 11.3 Å². The van der Waals surface area contributed by atoms with Crippen molar-refractivity contribution in [3.63, 3.8) is 0 Å². The number of hydrogen-bond acceptors (Lipinski definition) is 3. The van der Waals surface area contributed by atoms with Crippen LogP contribution in [0.25, 0.3) is 92.0 Å². The number of nitrogens with one attached hydrogen (secondary N) is 1. The van der Waals surface area contributed by atoms with E-state index in [0.717, 1.165) is 28.3 Å². The van der Waals surface area contributed by atoms with E-state index in [1.54, 1.807) is 0 Å². The van der Waals surface area contributed by atoms with E-state index < -0.39 is 0 Å². The largest absolute Gasteiger partial charge is 0.359 e. The van der Waals surface area contributed by atoms with Crippen LogP contribution in [-0.4, -0.2) is 15.0 Å². The molecule has 296 valence electrons. The van der Waals surface area contributed by atoms with Gasteiger partial charge in [-0.05, 0) is 107 Å². The number of para-hydroxylation sites is 2. The van der Waals surface area contributed by atoms with Gasteiger partial charge in [0, 0.05) is 58.7 Å². The molecule has 1 aliphatic heterocycles. The molecular formula is C58H38N4S. The van der Waals surface area contributed by atoms with Gasteiger partial charge in [0.1, 0.15) is 5.84 Å². The molecule has 0 saturated carbocycles. The van der Waals surface area contributed by atoms with Crippen molar-refractivity contribution in [1.29, 1.82) is 0 Å². The summed E-state index contributed by atoms with van der Waals surface area (Å²) in [5.74, 6) is 0.861. The lowest BCUT2D eigenvalue weighted by molar-refractivity contribution is 0.781. The number of nitrogens with zero attached hydrogens (tertiary/aromatic N) is 3. The summed E-state index contributed by atoms with van der Waals surface area (Å²) in [7, 11) is 0. The number of rotatable bonds is 6. The molecule has 13 rings (SSSR count). The zero-order valence-electron chi connectivity index (χ0n) is 34.1. The highest BCUT2D eigenvalue weighted by molar-refractivity contribution is 7.26. The average molecular weight is 823 g/mol. The van der Waals surface area contributed by atoms with Gasteiger partial charge in [0.25, 0.3) is 0 Å². The zero-order chi connectivity index (χ0) is 41.4. The third kappa shape index (κ3) is 5.78. The van der Waals surface area contributed by atoms with Crippen LogP contribution in [0.5, 0.6) is 0 Å². The van der Waals surface area contributed by atoms with Crippen LogP contribution in [0.2, 0.25) is 0 Å². The van der Waals surface area contributed by atoms with Crippen molar-refractivity contribution in [3.8, 4) is 22.5 Å². The van der Waals surface area contributed by atoms with Gasteiger partial charge in [0.05, 0.1) is 33.8 Å². The average Bonchev–Trinajstić information content (AvgIpc) is 4.02. The highest BCUT2D eigenvalue weighted by atomic mass is 32.1. The van der Waals surface area contributed by atoms with Gasteiger partial charge in [-0.15, -0.1) is 11.3 Å². The number of amidine groups is 1. The fraction of sp³-hybridized carbons (Fsp3) is 0.0172. The molecule has 12 aromatic rings. The quantitative estimate of drug-likeness (QED) is 0.178. The Hall–Kier alpha value is -7.99. The van der Waals surface area contributed by atoms with E-state index in [4.69, 9.17) is 4.99 Å². The molecular weight excluding hydrogens is 785 g/mol. The minimum atomic E-state index is -0.00736. The predicted molar refractivity (Wildman–Crippen MR) is 267 cm³/mol. The van der Waals surface area contributed by atoms with Crippen molar-refractivity contribution in [3.05, 3.63) is 235 Å². The molecule has 0 saturated heterocycles. The lowest BCUT2D eigenvalue weighted by Gasteiger charge is -2.24. The van der Waals surface area contributed by atoms with E-state index in [9.17, 15) is 0 Å². The number of fused-ring (bicyclic) bond motifs is 10. The summed E-state index contributed by atoms with van der Waals surface area (Å²) in [5, 5.41) is 11.4. The molecule has 4 nitrogen and oxygen atoms in total. The molecule has 0 fully saturated rings. The number of aromatic nitrogens is 2. The van der Waals surface area contributed by atoms with E-state index in [1.165, 1.54) is 86.2 Å². The van der Waals surface area contributed by atoms with Gasteiger partial charge in [-0.3, -0.25) is 0 Å². The summed E-state index contributed by atoms with van der Waals surface area (Å²) in [6, 6.07) is 76.9. The number of aliphatic imine (C=N–C) groups is 1. The molecule has 0 spiro atoms. The van der Waals surface area contributed by atoms with Crippen LogP contribution < -0.4 is 5.32 Å². The second-order valence-electron chi connectivity index (χ2n) is 16.4. The summed E-state index contributed by atoms with van der Waals surface area (Å²) in [6.07, 6.45) is 2.23. The third-order valence-corrected chi connectivity index (χ3v) is 14.0. The molecule has 1 N–H and O–H groups in total. The van der Waals surface area contributed by atoms with Gasteiger partial charge in [0.2, 0.25) is 0 Å². The van der Waals surface area contributed by atoms with Crippen molar-refractivity contribution in [1.82, 2.24) is 14.5 Å². The Labute approximate surface area is 367 Å². The highest BCUT2D eigenvalue weighted by Crippen LogP contribution is 2.45. The van der Waals surface area contributed by atoms with Gasteiger partial charge < -0.3 is 14.5 Å². The van der Waals surface area contributed by atoms with Crippen LogP contribution in [0, 0.1) is 0 Å². The Morgan fingerprint density at radius 1 is 0.413 bits per heavy atom. The molecule has 5 heteroatoms. The first-order valence-corrected chi connectivity index (χ1v) is 22.3. The first-order valence-electron chi connectivity index (χ1n) is 21.5. The summed E-state index contributed by atoms with van der Waals surface area (Å²) in [5.41, 5.74) is 13.8. The van der Waals surface area contributed by atoms with Gasteiger partial charge >= 0.3 is 0 Å². The molecule has 0 radical (unpaired) electrons. The van der Waals surface area contributed by atoms with Crippen LogP contribution in [0.3, 0.4) is 0 Å². The van der Waals surface area contributed by atoms with E-state index in [1.807, 2.05) is 11.3 Å². The standard InChI is InChI=1S/C58H38N4S/c1-4-14-37(15-5-1)49-36-50(38-16-6-2-7-17-38)60-58(59-49)39-24-28-43(29-25-39)62-53-32-27-41(35-48(53)56-54(62)33-30-46-45-21-11-13-23-55(45)63-57(46)56)40-26-31-52-47(34-40)44-20-10-12-22-51(44)61(52)42-18-8-3-9-19-42/h1-36,49H,(H,59,60). The number of thiophene rings is 1. The topological polar surface area (TPSA) is 34.2 Å². The predicted octanol–water partition coefficient (Wildman–Crippen LogP) is 15.0. The molecule has 0 amide bonds. The van der Waals surface area contributed by atoms with Gasteiger partial charge in [-0.1, -0.05) is 133 Å². The molecule has 63 heavy (non-hydrogen) atoms. The highest BCUT2D eigenvalue weighted by Gasteiger charge is 2.22. The smallest absolute Gasteiger partial charge is 0.134 e. The van der Waals surface area contributed by atoms with Gasteiger partial charge in [-0.25, -0.2) is 4.99 Å². The zero-order valence-corrected chi connectivity index (χ0v) is 34.9. The Kier molecular flexibility index (Phi) is 8.11. The van der Waals surface area contributed by atoms with E-state index in [0.29, 0.717) is 0 Å². The van der Waals surface area contributed by atoms with Crippen molar-refractivity contribution in [2.75, 3.05) is 0 Å².